The van der Waals surface area contributed by atoms with Crippen LogP contribution in [0, 0.1) is 6.92 Å². The summed E-state index contributed by atoms with van der Waals surface area (Å²) in [6.45, 7) is 1.94. The molecule has 2 heterocycles. The number of benzene rings is 1. The molecule has 0 aliphatic rings. The minimum Gasteiger partial charge on any atom is -0.286 e. The second kappa shape index (κ2) is 4.87. The van der Waals surface area contributed by atoms with E-state index in [-0.39, 0.29) is 0 Å². The zero-order valence-corrected chi connectivity index (χ0v) is 11.2. The highest BCUT2D eigenvalue weighted by atomic mass is 19.4. The lowest BCUT2D eigenvalue weighted by Gasteiger charge is -2.07. The molecule has 0 saturated carbocycles. The molecule has 0 aliphatic carbocycles. The first-order valence-electron chi connectivity index (χ1n) is 6.40. The number of alkyl halides is 3. The molecule has 0 bridgehead atoms. The Morgan fingerprint density at radius 2 is 1.76 bits per heavy atom. The van der Waals surface area contributed by atoms with Crippen LogP contribution < -0.4 is 0 Å². The number of rotatable bonds is 2. The van der Waals surface area contributed by atoms with E-state index < -0.39 is 11.7 Å². The summed E-state index contributed by atoms with van der Waals surface area (Å²) in [6.07, 6.45) is -2.03. The van der Waals surface area contributed by atoms with Crippen LogP contribution in [0.2, 0.25) is 0 Å². The number of nitrogens with zero attached hydrogens (tertiary/aromatic N) is 3. The van der Waals surface area contributed by atoms with E-state index in [1.807, 2.05) is 29.7 Å². The first-order chi connectivity index (χ1) is 9.95. The fraction of sp³-hybridized carbons (Fsp3) is 0.200. The molecule has 0 fully saturated rings. The Morgan fingerprint density at radius 1 is 1.05 bits per heavy atom. The van der Waals surface area contributed by atoms with Crippen LogP contribution in [0.4, 0.5) is 13.2 Å². The highest BCUT2D eigenvalue weighted by molar-refractivity contribution is 5.46. The summed E-state index contributed by atoms with van der Waals surface area (Å²) in [5, 5.41) is 8.22. The Morgan fingerprint density at radius 3 is 2.43 bits per heavy atom. The molecule has 0 N–H and O–H groups in total. The van der Waals surface area contributed by atoms with Crippen LogP contribution in [-0.4, -0.2) is 14.6 Å². The van der Waals surface area contributed by atoms with Gasteiger partial charge >= 0.3 is 6.18 Å². The molecule has 6 heteroatoms. The van der Waals surface area contributed by atoms with Crippen molar-refractivity contribution in [1.82, 2.24) is 14.6 Å². The maximum Gasteiger partial charge on any atom is 0.416 e. The minimum absolute atomic E-state index is 0.433. The number of aromatic nitrogens is 3. The van der Waals surface area contributed by atoms with Gasteiger partial charge in [-0.25, -0.2) is 0 Å². The average molecular weight is 291 g/mol. The second-order valence-electron chi connectivity index (χ2n) is 4.87. The van der Waals surface area contributed by atoms with E-state index in [1.54, 1.807) is 0 Å². The van der Waals surface area contributed by atoms with Gasteiger partial charge in [0.1, 0.15) is 5.82 Å². The van der Waals surface area contributed by atoms with E-state index in [1.165, 1.54) is 12.1 Å². The van der Waals surface area contributed by atoms with Crippen LogP contribution in [0.25, 0.3) is 5.65 Å². The first-order valence-corrected chi connectivity index (χ1v) is 6.40. The van der Waals surface area contributed by atoms with Crippen molar-refractivity contribution in [2.24, 2.45) is 0 Å². The fourth-order valence-electron chi connectivity index (χ4n) is 2.21. The van der Waals surface area contributed by atoms with Gasteiger partial charge in [-0.05, 0) is 36.2 Å². The van der Waals surface area contributed by atoms with Crippen LogP contribution in [0.1, 0.15) is 22.5 Å². The third kappa shape index (κ3) is 2.61. The first kappa shape index (κ1) is 13.6. The maximum atomic E-state index is 12.5. The molecular weight excluding hydrogens is 279 g/mol. The largest absolute Gasteiger partial charge is 0.416 e. The molecule has 0 spiro atoms. The van der Waals surface area contributed by atoms with Gasteiger partial charge in [0, 0.05) is 12.6 Å². The number of aryl methyl sites for hydroxylation is 1. The molecule has 21 heavy (non-hydrogen) atoms. The van der Waals surface area contributed by atoms with E-state index in [2.05, 4.69) is 10.2 Å². The van der Waals surface area contributed by atoms with E-state index in [0.29, 0.717) is 12.2 Å². The molecule has 3 rings (SSSR count). The van der Waals surface area contributed by atoms with Gasteiger partial charge in [-0.3, -0.25) is 4.40 Å². The lowest BCUT2D eigenvalue weighted by molar-refractivity contribution is -0.137. The van der Waals surface area contributed by atoms with Crippen LogP contribution in [0.5, 0.6) is 0 Å². The van der Waals surface area contributed by atoms with Crippen molar-refractivity contribution < 1.29 is 13.2 Å². The number of fused-ring (bicyclic) bond motifs is 1. The van der Waals surface area contributed by atoms with Crippen molar-refractivity contribution >= 4 is 5.65 Å². The molecule has 1 aromatic carbocycles. The summed E-state index contributed by atoms with van der Waals surface area (Å²) in [5.74, 6) is 0.702. The number of halogens is 3. The number of pyridine rings is 1. The Bertz CT molecular complexity index is 773. The molecule has 0 radical (unpaired) electrons. The van der Waals surface area contributed by atoms with Gasteiger partial charge in [0.05, 0.1) is 5.56 Å². The molecule has 2 aromatic heterocycles. The zero-order chi connectivity index (χ0) is 15.0. The van der Waals surface area contributed by atoms with Crippen LogP contribution >= 0.6 is 0 Å². The fourth-order valence-corrected chi connectivity index (χ4v) is 2.21. The molecule has 0 aliphatic heterocycles. The van der Waals surface area contributed by atoms with Gasteiger partial charge in [-0.15, -0.1) is 10.2 Å². The van der Waals surface area contributed by atoms with Crippen LogP contribution in [0.3, 0.4) is 0 Å². The standard InChI is InChI=1S/C15H12F3N3/c1-10-3-2-8-21-13(19-20-14(10)21)9-11-4-6-12(7-5-11)15(16,17)18/h2-8H,9H2,1H3. The third-order valence-corrected chi connectivity index (χ3v) is 3.34. The normalized spacial score (nSPS) is 12.0. The van der Waals surface area contributed by atoms with Gasteiger partial charge in [0.2, 0.25) is 0 Å². The maximum absolute atomic E-state index is 12.5. The molecular formula is C15H12F3N3. The highest BCUT2D eigenvalue weighted by Gasteiger charge is 2.29. The minimum atomic E-state index is -4.31. The van der Waals surface area contributed by atoms with Gasteiger partial charge in [-0.1, -0.05) is 18.2 Å². The Hall–Kier alpha value is -2.37. The number of hydrogen-bond acceptors (Lipinski definition) is 2. The molecule has 3 aromatic rings. The lowest BCUT2D eigenvalue weighted by Crippen LogP contribution is -2.05. The summed E-state index contributed by atoms with van der Waals surface area (Å²) < 4.78 is 39.4. The van der Waals surface area contributed by atoms with E-state index in [9.17, 15) is 13.2 Å². The van der Waals surface area contributed by atoms with Crippen molar-refractivity contribution in [3.63, 3.8) is 0 Å². The lowest BCUT2D eigenvalue weighted by atomic mass is 10.1. The summed E-state index contributed by atoms with van der Waals surface area (Å²) in [5.41, 5.74) is 1.88. The quantitative estimate of drug-likeness (QED) is 0.721. The predicted molar refractivity (Wildman–Crippen MR) is 72.0 cm³/mol. The Labute approximate surface area is 119 Å². The molecule has 3 nitrogen and oxygen atoms in total. The summed E-state index contributed by atoms with van der Waals surface area (Å²) in [4.78, 5) is 0. The molecule has 0 unspecified atom stereocenters. The van der Waals surface area contributed by atoms with Crippen molar-refractivity contribution in [2.75, 3.05) is 0 Å². The highest BCUT2D eigenvalue weighted by Crippen LogP contribution is 2.29. The zero-order valence-electron chi connectivity index (χ0n) is 11.2. The van der Waals surface area contributed by atoms with Crippen molar-refractivity contribution in [3.8, 4) is 0 Å². The summed E-state index contributed by atoms with van der Waals surface area (Å²) in [6, 6.07) is 8.95. The molecule has 0 atom stereocenters. The van der Waals surface area contributed by atoms with Gasteiger partial charge in [0.15, 0.2) is 5.65 Å². The van der Waals surface area contributed by atoms with E-state index in [0.717, 1.165) is 28.9 Å². The predicted octanol–water partition coefficient (Wildman–Crippen LogP) is 3.65. The average Bonchev–Trinajstić information content (AvgIpc) is 2.83. The van der Waals surface area contributed by atoms with Gasteiger partial charge in [-0.2, -0.15) is 13.2 Å². The van der Waals surface area contributed by atoms with Crippen LogP contribution in [0.15, 0.2) is 42.6 Å². The SMILES string of the molecule is Cc1cccn2c(Cc3ccc(C(F)(F)F)cc3)nnc12. The van der Waals surface area contributed by atoms with Gasteiger partial charge in [0.25, 0.3) is 0 Å². The van der Waals surface area contributed by atoms with Gasteiger partial charge < -0.3 is 0 Å². The van der Waals surface area contributed by atoms with Crippen molar-refractivity contribution in [3.05, 3.63) is 65.1 Å². The molecule has 108 valence electrons. The number of hydrogen-bond donors (Lipinski definition) is 0. The topological polar surface area (TPSA) is 30.2 Å². The third-order valence-electron chi connectivity index (χ3n) is 3.34. The van der Waals surface area contributed by atoms with Crippen molar-refractivity contribution in [2.45, 2.75) is 19.5 Å². The summed E-state index contributed by atoms with van der Waals surface area (Å²) >= 11 is 0. The Balaban J connectivity index is 1.90. The van der Waals surface area contributed by atoms with E-state index >= 15 is 0 Å². The molecule has 0 amide bonds. The van der Waals surface area contributed by atoms with E-state index in [4.69, 9.17) is 0 Å². The smallest absolute Gasteiger partial charge is 0.286 e. The monoisotopic (exact) mass is 291 g/mol. The van der Waals surface area contributed by atoms with Crippen molar-refractivity contribution in [1.29, 1.82) is 0 Å². The second-order valence-corrected chi connectivity index (χ2v) is 4.87. The Kier molecular flexibility index (Phi) is 3.16. The molecule has 0 saturated heterocycles. The summed E-state index contributed by atoms with van der Waals surface area (Å²) in [7, 11) is 0. The van der Waals surface area contributed by atoms with Crippen LogP contribution in [-0.2, 0) is 12.6 Å².